The van der Waals surface area contributed by atoms with Crippen molar-refractivity contribution < 1.29 is 9.63 Å². The number of carbonyl (C=O) groups excluding carboxylic acids is 1. The first-order valence-electron chi connectivity index (χ1n) is 6.01. The normalized spacial score (nSPS) is 30.9. The van der Waals surface area contributed by atoms with E-state index in [1.165, 1.54) is 6.42 Å². The second kappa shape index (κ2) is 3.46. The van der Waals surface area contributed by atoms with Crippen LogP contribution >= 0.6 is 0 Å². The van der Waals surface area contributed by atoms with E-state index in [0.29, 0.717) is 12.5 Å². The van der Waals surface area contributed by atoms with E-state index in [2.05, 4.69) is 5.32 Å². The van der Waals surface area contributed by atoms with Crippen molar-refractivity contribution in [3.63, 3.8) is 0 Å². The summed E-state index contributed by atoms with van der Waals surface area (Å²) in [7, 11) is 0. The highest BCUT2D eigenvalue weighted by Crippen LogP contribution is 2.44. The lowest BCUT2D eigenvalue weighted by Crippen LogP contribution is -2.45. The first-order valence-corrected chi connectivity index (χ1v) is 6.01. The van der Waals surface area contributed by atoms with Crippen LogP contribution in [0.15, 0.2) is 0 Å². The van der Waals surface area contributed by atoms with Gasteiger partial charge in [-0.15, -0.1) is 0 Å². The van der Waals surface area contributed by atoms with Crippen LogP contribution < -0.4 is 5.32 Å². The molecule has 0 unspecified atom stereocenters. The molecule has 1 aliphatic carbocycles. The molecule has 1 N–H and O–H groups in total. The summed E-state index contributed by atoms with van der Waals surface area (Å²) in [6.07, 6.45) is 6.04. The smallest absolute Gasteiger partial charge is 0.249 e. The molecule has 2 saturated heterocycles. The SMILES string of the molecule is O=C1CC2(CCC2)ON1C1CCNCC1. The molecule has 2 aliphatic heterocycles. The van der Waals surface area contributed by atoms with E-state index in [4.69, 9.17) is 4.84 Å². The Labute approximate surface area is 89.9 Å². The average Bonchev–Trinajstić information content (AvgIpc) is 2.57. The molecule has 3 aliphatic rings. The highest BCUT2D eigenvalue weighted by molar-refractivity contribution is 5.78. The Bertz CT molecular complexity index is 270. The molecular formula is C11H18N2O2. The Hall–Kier alpha value is -0.610. The summed E-state index contributed by atoms with van der Waals surface area (Å²) in [5.41, 5.74) is -0.0814. The summed E-state index contributed by atoms with van der Waals surface area (Å²) in [6.45, 7) is 2.01. The summed E-state index contributed by atoms with van der Waals surface area (Å²) in [6, 6.07) is 0.318. The van der Waals surface area contributed by atoms with Gasteiger partial charge in [0.05, 0.1) is 12.5 Å². The van der Waals surface area contributed by atoms with Crippen LogP contribution in [0.25, 0.3) is 0 Å². The topological polar surface area (TPSA) is 41.6 Å². The van der Waals surface area contributed by atoms with Crippen molar-refractivity contribution in [2.24, 2.45) is 0 Å². The first-order chi connectivity index (χ1) is 7.29. The molecule has 2 heterocycles. The number of piperidine rings is 1. The summed E-state index contributed by atoms with van der Waals surface area (Å²) in [5, 5.41) is 5.00. The first kappa shape index (κ1) is 9.60. The van der Waals surface area contributed by atoms with Crippen molar-refractivity contribution in [2.75, 3.05) is 13.1 Å². The van der Waals surface area contributed by atoms with E-state index in [-0.39, 0.29) is 11.5 Å². The number of nitrogens with zero attached hydrogens (tertiary/aromatic N) is 1. The van der Waals surface area contributed by atoms with Gasteiger partial charge in [-0.05, 0) is 45.2 Å². The minimum Gasteiger partial charge on any atom is -0.317 e. The zero-order valence-corrected chi connectivity index (χ0v) is 9.00. The van der Waals surface area contributed by atoms with Crippen LogP contribution in [0.5, 0.6) is 0 Å². The van der Waals surface area contributed by atoms with E-state index >= 15 is 0 Å². The van der Waals surface area contributed by atoms with Crippen LogP contribution in [-0.2, 0) is 9.63 Å². The number of hydrogen-bond donors (Lipinski definition) is 1. The molecule has 3 fully saturated rings. The van der Waals surface area contributed by atoms with Crippen molar-refractivity contribution >= 4 is 5.91 Å². The fourth-order valence-corrected chi connectivity index (χ4v) is 2.80. The van der Waals surface area contributed by atoms with Crippen molar-refractivity contribution in [3.05, 3.63) is 0 Å². The fourth-order valence-electron chi connectivity index (χ4n) is 2.80. The number of hydroxylamine groups is 2. The second-order valence-electron chi connectivity index (χ2n) is 5.01. The third kappa shape index (κ3) is 1.56. The lowest BCUT2D eigenvalue weighted by atomic mass is 9.78. The largest absolute Gasteiger partial charge is 0.317 e. The number of nitrogens with one attached hydrogen (secondary N) is 1. The van der Waals surface area contributed by atoms with E-state index in [1.807, 2.05) is 0 Å². The highest BCUT2D eigenvalue weighted by Gasteiger charge is 2.50. The van der Waals surface area contributed by atoms with Crippen LogP contribution in [0, 0.1) is 0 Å². The van der Waals surface area contributed by atoms with Gasteiger partial charge in [0.25, 0.3) is 0 Å². The fraction of sp³-hybridized carbons (Fsp3) is 0.909. The molecule has 15 heavy (non-hydrogen) atoms. The van der Waals surface area contributed by atoms with Gasteiger partial charge < -0.3 is 5.32 Å². The minimum absolute atomic E-state index is 0.0814. The molecular weight excluding hydrogens is 192 g/mol. The maximum atomic E-state index is 11.9. The molecule has 84 valence electrons. The Kier molecular flexibility index (Phi) is 2.21. The number of hydrogen-bond acceptors (Lipinski definition) is 3. The van der Waals surface area contributed by atoms with Crippen LogP contribution in [-0.4, -0.2) is 35.7 Å². The summed E-state index contributed by atoms with van der Waals surface area (Å²) in [5.74, 6) is 0.210. The van der Waals surface area contributed by atoms with Gasteiger partial charge in [-0.1, -0.05) is 0 Å². The third-order valence-electron chi connectivity index (χ3n) is 3.92. The van der Waals surface area contributed by atoms with E-state index in [1.54, 1.807) is 5.06 Å². The van der Waals surface area contributed by atoms with Crippen LogP contribution in [0.4, 0.5) is 0 Å². The summed E-state index contributed by atoms with van der Waals surface area (Å²) in [4.78, 5) is 17.8. The maximum Gasteiger partial charge on any atom is 0.249 e. The van der Waals surface area contributed by atoms with E-state index < -0.39 is 0 Å². The number of amides is 1. The van der Waals surface area contributed by atoms with E-state index in [9.17, 15) is 4.79 Å². The molecule has 4 heteroatoms. The van der Waals surface area contributed by atoms with Gasteiger partial charge in [-0.3, -0.25) is 9.63 Å². The molecule has 3 rings (SSSR count). The molecule has 0 bridgehead atoms. The van der Waals surface area contributed by atoms with Crippen molar-refractivity contribution in [2.45, 2.75) is 50.2 Å². The molecule has 0 aromatic heterocycles. The molecule has 1 amide bonds. The van der Waals surface area contributed by atoms with Crippen molar-refractivity contribution in [3.8, 4) is 0 Å². The van der Waals surface area contributed by atoms with Gasteiger partial charge in [-0.25, -0.2) is 5.06 Å². The molecule has 0 radical (unpaired) electrons. The Morgan fingerprint density at radius 2 is 2.07 bits per heavy atom. The van der Waals surface area contributed by atoms with Crippen molar-refractivity contribution in [1.29, 1.82) is 0 Å². The number of carbonyl (C=O) groups is 1. The molecule has 0 atom stereocenters. The molecule has 4 nitrogen and oxygen atoms in total. The van der Waals surface area contributed by atoms with Gasteiger partial charge >= 0.3 is 0 Å². The Morgan fingerprint density at radius 1 is 1.33 bits per heavy atom. The summed E-state index contributed by atoms with van der Waals surface area (Å²) >= 11 is 0. The maximum absolute atomic E-state index is 11.9. The molecule has 1 saturated carbocycles. The predicted molar refractivity (Wildman–Crippen MR) is 55.0 cm³/mol. The third-order valence-corrected chi connectivity index (χ3v) is 3.92. The molecule has 0 aromatic carbocycles. The van der Waals surface area contributed by atoms with Crippen LogP contribution in [0.2, 0.25) is 0 Å². The molecule has 1 spiro atoms. The minimum atomic E-state index is -0.0814. The predicted octanol–water partition coefficient (Wildman–Crippen LogP) is 0.825. The number of rotatable bonds is 1. The van der Waals surface area contributed by atoms with Crippen LogP contribution in [0.1, 0.15) is 38.5 Å². The lowest BCUT2D eigenvalue weighted by molar-refractivity contribution is -0.237. The van der Waals surface area contributed by atoms with Gasteiger partial charge in [0, 0.05) is 0 Å². The highest BCUT2D eigenvalue weighted by atomic mass is 16.7. The lowest BCUT2D eigenvalue weighted by Gasteiger charge is -2.38. The summed E-state index contributed by atoms with van der Waals surface area (Å²) < 4.78 is 0. The van der Waals surface area contributed by atoms with Gasteiger partial charge in [-0.2, -0.15) is 0 Å². The van der Waals surface area contributed by atoms with Gasteiger partial charge in [0.1, 0.15) is 5.60 Å². The quantitative estimate of drug-likeness (QED) is 0.697. The van der Waals surface area contributed by atoms with Gasteiger partial charge in [0.15, 0.2) is 0 Å². The molecule has 0 aromatic rings. The standard InChI is InChI=1S/C11H18N2O2/c14-10-8-11(4-1-5-11)15-13(10)9-2-6-12-7-3-9/h9,12H,1-8H2. The zero-order valence-electron chi connectivity index (χ0n) is 9.00. The Morgan fingerprint density at radius 3 is 2.60 bits per heavy atom. The van der Waals surface area contributed by atoms with Crippen LogP contribution in [0.3, 0.4) is 0 Å². The Balaban J connectivity index is 1.68. The second-order valence-corrected chi connectivity index (χ2v) is 5.01. The monoisotopic (exact) mass is 210 g/mol. The van der Waals surface area contributed by atoms with Gasteiger partial charge in [0.2, 0.25) is 5.91 Å². The van der Waals surface area contributed by atoms with Crippen molar-refractivity contribution in [1.82, 2.24) is 10.4 Å². The van der Waals surface area contributed by atoms with E-state index in [0.717, 1.165) is 38.8 Å². The average molecular weight is 210 g/mol. The zero-order chi connectivity index (χ0) is 10.3.